The molecule has 1 aromatic rings. The Bertz CT molecular complexity index is 652. The van der Waals surface area contributed by atoms with E-state index >= 15 is 0 Å². The number of guanidine groups is 1. The van der Waals surface area contributed by atoms with E-state index < -0.39 is 0 Å². The standard InChI is InChI=1S/C23H38N4O2/c1-18-10-11-19(22(15-18)29-17-21-9-6-14-28-21)16-26-23(24-2)25-12-13-27(3)20-7-4-5-8-20/h10-11,15,20-21H,4-9,12-14,16-17H2,1-3H3,(H2,24,25,26). The topological polar surface area (TPSA) is 58.1 Å². The second-order valence-corrected chi connectivity index (χ2v) is 8.33. The van der Waals surface area contributed by atoms with Gasteiger partial charge in [-0.2, -0.15) is 0 Å². The van der Waals surface area contributed by atoms with Gasteiger partial charge in [0.1, 0.15) is 12.4 Å². The molecule has 2 N–H and O–H groups in total. The van der Waals surface area contributed by atoms with Crippen LogP contribution in [0.15, 0.2) is 23.2 Å². The number of hydrogen-bond donors (Lipinski definition) is 2. The molecule has 2 fully saturated rings. The van der Waals surface area contributed by atoms with Crippen LogP contribution in [-0.4, -0.2) is 63.4 Å². The summed E-state index contributed by atoms with van der Waals surface area (Å²) >= 11 is 0. The summed E-state index contributed by atoms with van der Waals surface area (Å²) in [7, 11) is 4.05. The molecule has 29 heavy (non-hydrogen) atoms. The minimum Gasteiger partial charge on any atom is -0.491 e. The van der Waals surface area contributed by atoms with Crippen LogP contribution in [0.25, 0.3) is 0 Å². The normalized spacial score (nSPS) is 20.4. The fraction of sp³-hybridized carbons (Fsp3) is 0.696. The Morgan fingerprint density at radius 3 is 2.76 bits per heavy atom. The second-order valence-electron chi connectivity index (χ2n) is 8.33. The maximum absolute atomic E-state index is 6.11. The molecule has 1 heterocycles. The molecule has 1 saturated carbocycles. The zero-order valence-electron chi connectivity index (χ0n) is 18.4. The summed E-state index contributed by atoms with van der Waals surface area (Å²) in [4.78, 5) is 6.85. The van der Waals surface area contributed by atoms with E-state index in [2.05, 4.69) is 52.7 Å². The molecule has 3 rings (SSSR count). The maximum Gasteiger partial charge on any atom is 0.191 e. The predicted molar refractivity (Wildman–Crippen MR) is 119 cm³/mol. The van der Waals surface area contributed by atoms with Crippen molar-refractivity contribution in [3.8, 4) is 5.75 Å². The first kappa shape index (κ1) is 21.9. The summed E-state index contributed by atoms with van der Waals surface area (Å²) in [6, 6.07) is 7.12. The highest BCUT2D eigenvalue weighted by atomic mass is 16.5. The van der Waals surface area contributed by atoms with Crippen molar-refractivity contribution in [2.45, 2.75) is 64.1 Å². The molecule has 1 saturated heterocycles. The minimum absolute atomic E-state index is 0.225. The molecular weight excluding hydrogens is 364 g/mol. The van der Waals surface area contributed by atoms with Crippen LogP contribution in [0.2, 0.25) is 0 Å². The second kappa shape index (κ2) is 11.4. The molecule has 0 bridgehead atoms. The molecule has 1 atom stereocenters. The van der Waals surface area contributed by atoms with Crippen LogP contribution in [0.3, 0.4) is 0 Å². The number of nitrogens with one attached hydrogen (secondary N) is 2. The van der Waals surface area contributed by atoms with Crippen LogP contribution in [0.5, 0.6) is 5.75 Å². The number of aryl methyl sites for hydroxylation is 1. The summed E-state index contributed by atoms with van der Waals surface area (Å²) in [6.07, 6.45) is 7.87. The van der Waals surface area contributed by atoms with Gasteiger partial charge in [-0.15, -0.1) is 0 Å². The minimum atomic E-state index is 0.225. The molecule has 0 aromatic heterocycles. The maximum atomic E-state index is 6.11. The van der Waals surface area contributed by atoms with Gasteiger partial charge < -0.3 is 25.0 Å². The Hall–Kier alpha value is -1.79. The van der Waals surface area contributed by atoms with E-state index in [1.54, 1.807) is 0 Å². The smallest absolute Gasteiger partial charge is 0.191 e. The van der Waals surface area contributed by atoms with Gasteiger partial charge in [-0.05, 0) is 51.3 Å². The summed E-state index contributed by atoms with van der Waals surface area (Å²) in [5.41, 5.74) is 2.34. The van der Waals surface area contributed by atoms with E-state index in [-0.39, 0.29) is 6.10 Å². The van der Waals surface area contributed by atoms with Gasteiger partial charge in [0.15, 0.2) is 5.96 Å². The van der Waals surface area contributed by atoms with Gasteiger partial charge in [0, 0.05) is 44.9 Å². The molecule has 1 unspecified atom stereocenters. The lowest BCUT2D eigenvalue weighted by Crippen LogP contribution is -2.42. The molecule has 1 aliphatic carbocycles. The molecule has 162 valence electrons. The molecule has 0 spiro atoms. The summed E-state index contributed by atoms with van der Waals surface area (Å²) in [5, 5.41) is 6.86. The molecule has 6 heteroatoms. The summed E-state index contributed by atoms with van der Waals surface area (Å²) in [5.74, 6) is 1.76. The quantitative estimate of drug-likeness (QED) is 0.491. The summed E-state index contributed by atoms with van der Waals surface area (Å²) in [6.45, 7) is 6.18. The molecule has 0 amide bonds. The average Bonchev–Trinajstić information content (AvgIpc) is 3.44. The monoisotopic (exact) mass is 402 g/mol. The van der Waals surface area contributed by atoms with Crippen molar-refractivity contribution in [3.05, 3.63) is 29.3 Å². The third kappa shape index (κ3) is 6.89. The van der Waals surface area contributed by atoms with Crippen molar-refractivity contribution in [3.63, 3.8) is 0 Å². The Morgan fingerprint density at radius 1 is 1.21 bits per heavy atom. The lowest BCUT2D eigenvalue weighted by Gasteiger charge is -2.24. The average molecular weight is 403 g/mol. The van der Waals surface area contributed by atoms with Gasteiger partial charge in [-0.3, -0.25) is 4.99 Å². The lowest BCUT2D eigenvalue weighted by atomic mass is 10.1. The largest absolute Gasteiger partial charge is 0.491 e. The fourth-order valence-electron chi connectivity index (χ4n) is 4.18. The van der Waals surface area contributed by atoms with Crippen molar-refractivity contribution < 1.29 is 9.47 Å². The van der Waals surface area contributed by atoms with Crippen molar-refractivity contribution in [1.82, 2.24) is 15.5 Å². The summed E-state index contributed by atoms with van der Waals surface area (Å²) < 4.78 is 11.8. The van der Waals surface area contributed by atoms with Gasteiger partial charge in [-0.25, -0.2) is 0 Å². The van der Waals surface area contributed by atoms with Crippen LogP contribution >= 0.6 is 0 Å². The molecule has 1 aromatic carbocycles. The third-order valence-electron chi connectivity index (χ3n) is 6.05. The Labute approximate surface area is 176 Å². The van der Waals surface area contributed by atoms with Gasteiger partial charge in [0.2, 0.25) is 0 Å². The van der Waals surface area contributed by atoms with E-state index in [1.165, 1.54) is 31.2 Å². The number of aliphatic imine (C=N–C) groups is 1. The first-order valence-corrected chi connectivity index (χ1v) is 11.1. The molecule has 1 aliphatic heterocycles. The molecule has 0 radical (unpaired) electrons. The van der Waals surface area contributed by atoms with Crippen LogP contribution < -0.4 is 15.4 Å². The molecule has 6 nitrogen and oxygen atoms in total. The highest BCUT2D eigenvalue weighted by Crippen LogP contribution is 2.23. The number of nitrogens with zero attached hydrogens (tertiary/aromatic N) is 2. The zero-order chi connectivity index (χ0) is 20.5. The SMILES string of the molecule is CN=C(NCCN(C)C1CCCC1)NCc1ccc(C)cc1OCC1CCCO1. The van der Waals surface area contributed by atoms with Crippen LogP contribution in [0.4, 0.5) is 0 Å². The Morgan fingerprint density at radius 2 is 2.03 bits per heavy atom. The van der Waals surface area contributed by atoms with Gasteiger partial charge in [0.05, 0.1) is 6.10 Å². The third-order valence-corrected chi connectivity index (χ3v) is 6.05. The van der Waals surface area contributed by atoms with Crippen LogP contribution in [-0.2, 0) is 11.3 Å². The highest BCUT2D eigenvalue weighted by molar-refractivity contribution is 5.79. The number of rotatable bonds is 9. The number of benzene rings is 1. The van der Waals surface area contributed by atoms with E-state index in [1.807, 2.05) is 7.05 Å². The molecular formula is C23H38N4O2. The molecule has 2 aliphatic rings. The lowest BCUT2D eigenvalue weighted by molar-refractivity contribution is 0.0676. The van der Waals surface area contributed by atoms with Gasteiger partial charge >= 0.3 is 0 Å². The Kier molecular flexibility index (Phi) is 8.62. The van der Waals surface area contributed by atoms with Crippen molar-refractivity contribution in [1.29, 1.82) is 0 Å². The van der Waals surface area contributed by atoms with E-state index in [9.17, 15) is 0 Å². The number of likely N-dealkylation sites (N-methyl/N-ethyl adjacent to an activating group) is 1. The number of ether oxygens (including phenoxy) is 2. The Balaban J connectivity index is 1.45. The first-order chi connectivity index (χ1) is 14.2. The number of hydrogen-bond acceptors (Lipinski definition) is 4. The van der Waals surface area contributed by atoms with Crippen molar-refractivity contribution in [2.75, 3.05) is 40.4 Å². The van der Waals surface area contributed by atoms with Crippen LogP contribution in [0, 0.1) is 6.92 Å². The zero-order valence-corrected chi connectivity index (χ0v) is 18.4. The van der Waals surface area contributed by atoms with Crippen molar-refractivity contribution >= 4 is 5.96 Å². The fourth-order valence-corrected chi connectivity index (χ4v) is 4.18. The van der Waals surface area contributed by atoms with E-state index in [4.69, 9.17) is 9.47 Å². The van der Waals surface area contributed by atoms with Gasteiger partial charge in [-0.1, -0.05) is 25.0 Å². The predicted octanol–water partition coefficient (Wildman–Crippen LogP) is 3.09. The first-order valence-electron chi connectivity index (χ1n) is 11.1. The van der Waals surface area contributed by atoms with Crippen LogP contribution in [0.1, 0.15) is 49.7 Å². The van der Waals surface area contributed by atoms with Gasteiger partial charge in [0.25, 0.3) is 0 Å². The highest BCUT2D eigenvalue weighted by Gasteiger charge is 2.19. The van der Waals surface area contributed by atoms with E-state index in [0.29, 0.717) is 13.2 Å². The van der Waals surface area contributed by atoms with Crippen molar-refractivity contribution in [2.24, 2.45) is 4.99 Å². The van der Waals surface area contributed by atoms with E-state index in [0.717, 1.165) is 55.9 Å².